The number of rotatable bonds is 5. The molecular formula is C8H11NO8S2. The van der Waals surface area contributed by atoms with Gasteiger partial charge in [-0.1, -0.05) is 0 Å². The molecule has 0 heterocycles. The Hall–Kier alpha value is -1.14. The van der Waals surface area contributed by atoms with Crippen molar-refractivity contribution < 1.29 is 37.0 Å². The zero-order valence-corrected chi connectivity index (χ0v) is 11.6. The van der Waals surface area contributed by atoms with Crippen molar-refractivity contribution in [3.05, 3.63) is 0 Å². The lowest BCUT2D eigenvalue weighted by Crippen LogP contribution is -2.35. The van der Waals surface area contributed by atoms with Crippen LogP contribution in [-0.4, -0.2) is 42.8 Å². The van der Waals surface area contributed by atoms with Crippen LogP contribution in [0.5, 0.6) is 0 Å². The minimum absolute atomic E-state index is 0.285. The zero-order valence-electron chi connectivity index (χ0n) is 9.94. The summed E-state index contributed by atoms with van der Waals surface area (Å²) in [7, 11) is 2.41. The molecule has 0 saturated heterocycles. The Morgan fingerprint density at radius 3 is 1.95 bits per heavy atom. The number of esters is 2. The van der Waals surface area contributed by atoms with Gasteiger partial charge in [-0.05, 0) is 0 Å². The molecule has 1 atom stereocenters. The monoisotopic (exact) mass is 313 g/mol. The van der Waals surface area contributed by atoms with E-state index in [4.69, 9.17) is 5.73 Å². The van der Waals surface area contributed by atoms with Crippen LogP contribution in [0.15, 0.2) is 0 Å². The first-order valence-electron chi connectivity index (χ1n) is 4.57. The molecule has 0 aromatic carbocycles. The van der Waals surface area contributed by atoms with Gasteiger partial charge in [0.05, 0.1) is 20.6 Å². The molecule has 0 amide bonds. The van der Waals surface area contributed by atoms with Gasteiger partial charge in [0.25, 0.3) is 0 Å². The van der Waals surface area contributed by atoms with Crippen molar-refractivity contribution in [2.24, 2.45) is 5.73 Å². The summed E-state index contributed by atoms with van der Waals surface area (Å²) in [6, 6.07) is -1.44. The first kappa shape index (κ1) is 17.9. The topological polar surface area (TPSA) is 131 Å². The molecule has 0 saturated carbocycles. The summed E-state index contributed by atoms with van der Waals surface area (Å²) in [5.74, 6) is -2.19. The largest absolute Gasteiger partial charge is 0.402 e. The molecule has 0 fully saturated rings. The summed E-state index contributed by atoms with van der Waals surface area (Å²) in [4.78, 5) is 44.0. The van der Waals surface area contributed by atoms with Gasteiger partial charge in [0.1, 0.15) is 30.1 Å². The fourth-order valence-electron chi connectivity index (χ4n) is 0.725. The van der Waals surface area contributed by atoms with Crippen LogP contribution in [0.2, 0.25) is 0 Å². The average molecular weight is 313 g/mol. The van der Waals surface area contributed by atoms with Crippen molar-refractivity contribution in [3.63, 3.8) is 0 Å². The number of carbonyl (C=O) groups is 4. The van der Waals surface area contributed by atoms with Crippen molar-refractivity contribution >= 4 is 46.6 Å². The quantitative estimate of drug-likeness (QED) is 0.435. The maximum Gasteiger partial charge on any atom is 0.402 e. The molecule has 0 aliphatic carbocycles. The van der Waals surface area contributed by atoms with Crippen LogP contribution in [0.25, 0.3) is 0 Å². The molecule has 0 rings (SSSR count). The van der Waals surface area contributed by atoms with Gasteiger partial charge in [-0.3, -0.25) is 4.79 Å². The number of carbonyl (C=O) groups excluding carboxylic acids is 4. The Morgan fingerprint density at radius 1 is 1.00 bits per heavy atom. The molecule has 19 heavy (non-hydrogen) atoms. The second-order valence-electron chi connectivity index (χ2n) is 2.71. The Kier molecular flexibility index (Phi) is 9.16. The highest BCUT2D eigenvalue weighted by atomic mass is 32.2. The summed E-state index contributed by atoms with van der Waals surface area (Å²) in [5, 5.41) is -2.03. The second kappa shape index (κ2) is 9.75. The molecule has 0 radical (unpaired) electrons. The van der Waals surface area contributed by atoms with Crippen molar-refractivity contribution in [1.82, 2.24) is 0 Å². The van der Waals surface area contributed by atoms with Gasteiger partial charge in [-0.25, -0.2) is 14.4 Å². The van der Waals surface area contributed by atoms with Crippen molar-refractivity contribution in [2.45, 2.75) is 12.5 Å². The van der Waals surface area contributed by atoms with E-state index >= 15 is 0 Å². The third-order valence-corrected chi connectivity index (χ3v) is 2.15. The molecule has 0 aromatic rings. The lowest BCUT2D eigenvalue weighted by atomic mass is 10.2. The molecular weight excluding hydrogens is 302 g/mol. The van der Waals surface area contributed by atoms with E-state index in [0.29, 0.717) is 12.0 Å². The van der Waals surface area contributed by atoms with Crippen LogP contribution < -0.4 is 5.73 Å². The van der Waals surface area contributed by atoms with Gasteiger partial charge in [-0.15, -0.1) is 0 Å². The molecule has 108 valence electrons. The van der Waals surface area contributed by atoms with E-state index in [9.17, 15) is 19.2 Å². The molecule has 0 bridgehead atoms. The summed E-state index contributed by atoms with van der Waals surface area (Å²) < 4.78 is 17.1. The van der Waals surface area contributed by atoms with Gasteiger partial charge in [0, 0.05) is 0 Å². The second-order valence-corrected chi connectivity index (χ2v) is 4.37. The molecule has 1 unspecified atom stereocenters. The highest BCUT2D eigenvalue weighted by molar-refractivity contribution is 8.09. The van der Waals surface area contributed by atoms with Crippen molar-refractivity contribution in [1.29, 1.82) is 0 Å². The fraction of sp³-hybridized carbons (Fsp3) is 0.500. The van der Waals surface area contributed by atoms with Crippen LogP contribution >= 0.6 is 24.1 Å². The third-order valence-electron chi connectivity index (χ3n) is 1.37. The zero-order chi connectivity index (χ0) is 14.8. The molecule has 11 heteroatoms. The predicted octanol–water partition coefficient (Wildman–Crippen LogP) is 0.619. The Labute approximate surface area is 116 Å². The van der Waals surface area contributed by atoms with Crippen LogP contribution in [0.3, 0.4) is 0 Å². The fourth-order valence-corrected chi connectivity index (χ4v) is 1.24. The molecule has 0 spiro atoms. The maximum absolute atomic E-state index is 11.2. The van der Waals surface area contributed by atoms with E-state index in [1.54, 1.807) is 0 Å². The average Bonchev–Trinajstić information content (AvgIpc) is 2.28. The van der Waals surface area contributed by atoms with Gasteiger partial charge >= 0.3 is 22.5 Å². The number of nitrogens with two attached hydrogens (primary N) is 1. The van der Waals surface area contributed by atoms with Crippen molar-refractivity contribution in [3.8, 4) is 0 Å². The minimum atomic E-state index is -1.44. The summed E-state index contributed by atoms with van der Waals surface area (Å²) in [6.45, 7) is 0. The van der Waals surface area contributed by atoms with E-state index in [-0.39, 0.29) is 12.0 Å². The van der Waals surface area contributed by atoms with Crippen LogP contribution in [0.4, 0.5) is 9.59 Å². The standard InChI is InChI=1S/C8H11NO8S2/c1-14-18-7(12)16-5(10)3-4(9)6(11)17-8(13)19-15-2/h4H,3,9H2,1-2H3. The van der Waals surface area contributed by atoms with Gasteiger partial charge in [0.2, 0.25) is 0 Å². The molecule has 9 nitrogen and oxygen atoms in total. The SMILES string of the molecule is COSC(=O)OC(=O)CC(N)C(=O)OC(=O)SOC. The molecule has 0 aliphatic rings. The van der Waals surface area contributed by atoms with E-state index in [1.807, 2.05) is 0 Å². The number of hydrogen-bond acceptors (Lipinski definition) is 11. The van der Waals surface area contributed by atoms with Crippen LogP contribution in [0.1, 0.15) is 6.42 Å². The summed E-state index contributed by atoms with van der Waals surface area (Å²) in [5.41, 5.74) is 5.29. The van der Waals surface area contributed by atoms with Gasteiger partial charge in [0.15, 0.2) is 0 Å². The summed E-state index contributed by atoms with van der Waals surface area (Å²) >= 11 is 0.585. The third kappa shape index (κ3) is 8.56. The molecule has 2 N–H and O–H groups in total. The number of hydrogen-bond donors (Lipinski definition) is 1. The molecule has 0 aromatic heterocycles. The lowest BCUT2D eigenvalue weighted by Gasteiger charge is -2.08. The van der Waals surface area contributed by atoms with Crippen LogP contribution in [-0.2, 0) is 27.4 Å². The summed E-state index contributed by atoms with van der Waals surface area (Å²) in [6.07, 6.45) is -0.625. The first-order chi connectivity index (χ1) is 8.90. The first-order valence-corrected chi connectivity index (χ1v) is 6.06. The van der Waals surface area contributed by atoms with Crippen molar-refractivity contribution in [2.75, 3.05) is 14.2 Å². The van der Waals surface area contributed by atoms with Gasteiger partial charge in [-0.2, -0.15) is 0 Å². The van der Waals surface area contributed by atoms with E-state index in [0.717, 1.165) is 0 Å². The van der Waals surface area contributed by atoms with E-state index in [1.165, 1.54) is 14.2 Å². The number of ether oxygens (including phenoxy) is 2. The normalized spacial score (nSPS) is 11.5. The predicted molar refractivity (Wildman–Crippen MR) is 64.8 cm³/mol. The van der Waals surface area contributed by atoms with Crippen LogP contribution in [0, 0.1) is 0 Å². The minimum Gasteiger partial charge on any atom is -0.383 e. The van der Waals surface area contributed by atoms with E-state index in [2.05, 4.69) is 17.8 Å². The highest BCUT2D eigenvalue weighted by Gasteiger charge is 2.24. The highest BCUT2D eigenvalue weighted by Crippen LogP contribution is 2.08. The lowest BCUT2D eigenvalue weighted by molar-refractivity contribution is -0.144. The molecule has 0 aliphatic heterocycles. The Morgan fingerprint density at radius 2 is 1.47 bits per heavy atom. The smallest absolute Gasteiger partial charge is 0.383 e. The van der Waals surface area contributed by atoms with Gasteiger partial charge < -0.3 is 23.6 Å². The maximum atomic E-state index is 11.2. The Bertz CT molecular complexity index is 361. The van der Waals surface area contributed by atoms with E-state index < -0.39 is 35.0 Å². The Balaban J connectivity index is 4.11.